The van der Waals surface area contributed by atoms with Crippen molar-refractivity contribution in [3.8, 4) is 5.69 Å². The summed E-state index contributed by atoms with van der Waals surface area (Å²) in [6.45, 7) is 1.64. The van der Waals surface area contributed by atoms with E-state index in [0.717, 1.165) is 12.8 Å². The molecule has 2 N–H and O–H groups in total. The van der Waals surface area contributed by atoms with Gasteiger partial charge in [-0.05, 0) is 38.0 Å². The van der Waals surface area contributed by atoms with Crippen LogP contribution in [0.1, 0.15) is 40.9 Å². The second-order valence-corrected chi connectivity index (χ2v) is 7.27. The molecule has 0 saturated heterocycles. The van der Waals surface area contributed by atoms with Crippen molar-refractivity contribution in [2.45, 2.75) is 32.4 Å². The van der Waals surface area contributed by atoms with E-state index in [-0.39, 0.29) is 29.7 Å². The highest BCUT2D eigenvalue weighted by Gasteiger charge is 2.27. The monoisotopic (exact) mass is 427 g/mol. The second-order valence-electron chi connectivity index (χ2n) is 6.89. The van der Waals surface area contributed by atoms with Gasteiger partial charge in [0.25, 0.3) is 11.6 Å². The van der Waals surface area contributed by atoms with Crippen LogP contribution in [0.3, 0.4) is 0 Å². The molecular formula is C18H17N7O4S. The first kappa shape index (κ1) is 19.6. The van der Waals surface area contributed by atoms with Crippen molar-refractivity contribution in [1.29, 1.82) is 0 Å². The van der Waals surface area contributed by atoms with E-state index < -0.39 is 16.3 Å². The van der Waals surface area contributed by atoms with Gasteiger partial charge in [0.2, 0.25) is 5.43 Å². The molecule has 1 aromatic carbocycles. The predicted octanol–water partition coefficient (Wildman–Crippen LogP) is 1.97. The Balaban J connectivity index is 1.64. The molecule has 1 aliphatic rings. The number of H-pyrrole nitrogens is 1. The van der Waals surface area contributed by atoms with Gasteiger partial charge in [-0.1, -0.05) is 12.1 Å². The Morgan fingerprint density at radius 2 is 2.13 bits per heavy atom. The molecule has 0 bridgehead atoms. The van der Waals surface area contributed by atoms with E-state index in [0.29, 0.717) is 16.3 Å². The van der Waals surface area contributed by atoms with Gasteiger partial charge in [0.15, 0.2) is 16.3 Å². The normalized spacial score (nSPS) is 13.2. The molecule has 2 aromatic heterocycles. The van der Waals surface area contributed by atoms with Crippen molar-refractivity contribution in [3.05, 3.63) is 72.7 Å². The number of amides is 1. The van der Waals surface area contributed by atoms with Crippen molar-refractivity contribution < 1.29 is 9.72 Å². The van der Waals surface area contributed by atoms with Gasteiger partial charge in [-0.2, -0.15) is 10.2 Å². The first-order chi connectivity index (χ1) is 14.4. The van der Waals surface area contributed by atoms with Crippen LogP contribution in [-0.4, -0.2) is 35.4 Å². The molecule has 0 unspecified atom stereocenters. The largest absolute Gasteiger partial charge is 0.343 e. The number of nitro benzene ring substituents is 1. The number of nitrogens with one attached hydrogen (secondary N) is 2. The zero-order valence-corrected chi connectivity index (χ0v) is 16.7. The third kappa shape index (κ3) is 3.64. The van der Waals surface area contributed by atoms with Crippen molar-refractivity contribution >= 4 is 23.8 Å². The van der Waals surface area contributed by atoms with Crippen LogP contribution in [0.25, 0.3) is 5.69 Å². The van der Waals surface area contributed by atoms with Crippen LogP contribution in [-0.2, 0) is 6.54 Å². The molecule has 0 radical (unpaired) electrons. The van der Waals surface area contributed by atoms with Crippen LogP contribution in [0.4, 0.5) is 5.69 Å². The second kappa shape index (κ2) is 7.63. The summed E-state index contributed by atoms with van der Waals surface area (Å²) in [5.41, 5.74) is -0.626. The van der Waals surface area contributed by atoms with Gasteiger partial charge in [-0.25, -0.2) is 4.68 Å². The average Bonchev–Trinajstić information content (AvgIpc) is 3.48. The number of hydrogen-bond acceptors (Lipinski definition) is 7. The minimum absolute atomic E-state index is 0.0585. The predicted molar refractivity (Wildman–Crippen MR) is 108 cm³/mol. The lowest BCUT2D eigenvalue weighted by Crippen LogP contribution is -2.32. The lowest BCUT2D eigenvalue weighted by Gasteiger charge is -2.11. The highest BCUT2D eigenvalue weighted by atomic mass is 32.1. The summed E-state index contributed by atoms with van der Waals surface area (Å²) < 4.78 is 3.55. The van der Waals surface area contributed by atoms with Crippen molar-refractivity contribution in [3.63, 3.8) is 0 Å². The lowest BCUT2D eigenvalue weighted by molar-refractivity contribution is -0.384. The summed E-state index contributed by atoms with van der Waals surface area (Å²) in [6.07, 6.45) is 1.99. The Labute approximate surface area is 174 Å². The van der Waals surface area contributed by atoms with Gasteiger partial charge < -0.3 is 5.32 Å². The third-order valence-electron chi connectivity index (χ3n) is 4.73. The van der Waals surface area contributed by atoms with E-state index >= 15 is 0 Å². The quantitative estimate of drug-likeness (QED) is 0.348. The third-order valence-corrected chi connectivity index (χ3v) is 5.01. The minimum atomic E-state index is -0.705. The van der Waals surface area contributed by atoms with Crippen LogP contribution < -0.4 is 10.7 Å². The molecular weight excluding hydrogens is 410 g/mol. The highest BCUT2D eigenvalue weighted by molar-refractivity contribution is 7.71. The van der Waals surface area contributed by atoms with Gasteiger partial charge in [-0.3, -0.25) is 29.4 Å². The maximum absolute atomic E-state index is 12.7. The Bertz CT molecular complexity index is 1270. The molecule has 0 spiro atoms. The summed E-state index contributed by atoms with van der Waals surface area (Å²) >= 11 is 5.21. The van der Waals surface area contributed by atoms with Crippen LogP contribution in [0.15, 0.2) is 35.1 Å². The van der Waals surface area contributed by atoms with Gasteiger partial charge in [0.1, 0.15) is 5.69 Å². The number of para-hydroxylation sites is 2. The van der Waals surface area contributed by atoms with Crippen molar-refractivity contribution in [2.75, 3.05) is 0 Å². The van der Waals surface area contributed by atoms with Crippen LogP contribution in [0, 0.1) is 21.8 Å². The highest BCUT2D eigenvalue weighted by Crippen LogP contribution is 2.35. The number of carbonyl (C=O) groups excluding carboxylic acids is 1. The average molecular weight is 427 g/mol. The molecule has 1 aliphatic carbocycles. The van der Waals surface area contributed by atoms with Crippen molar-refractivity contribution in [2.24, 2.45) is 0 Å². The molecule has 154 valence electrons. The van der Waals surface area contributed by atoms with Crippen LogP contribution in [0.5, 0.6) is 0 Å². The number of benzene rings is 1. The molecule has 2 heterocycles. The van der Waals surface area contributed by atoms with E-state index in [1.165, 1.54) is 28.9 Å². The summed E-state index contributed by atoms with van der Waals surface area (Å²) in [6, 6.07) is 7.46. The van der Waals surface area contributed by atoms with Crippen molar-refractivity contribution in [1.82, 2.24) is 29.9 Å². The zero-order valence-electron chi connectivity index (χ0n) is 15.9. The molecule has 0 aliphatic heterocycles. The van der Waals surface area contributed by atoms with Crippen LogP contribution in [0.2, 0.25) is 0 Å². The molecule has 11 nitrogen and oxygen atoms in total. The maximum atomic E-state index is 12.7. The fraction of sp³-hybridized carbons (Fsp3) is 0.278. The topological polar surface area (TPSA) is 141 Å². The zero-order chi connectivity index (χ0) is 21.4. The number of hydrogen-bond donors (Lipinski definition) is 2. The van der Waals surface area contributed by atoms with Gasteiger partial charge in [0, 0.05) is 23.9 Å². The van der Waals surface area contributed by atoms with Gasteiger partial charge in [-0.15, -0.1) is 0 Å². The Hall–Kier alpha value is -3.67. The van der Waals surface area contributed by atoms with E-state index in [4.69, 9.17) is 12.2 Å². The molecule has 12 heteroatoms. The van der Waals surface area contributed by atoms with E-state index in [1.54, 1.807) is 13.0 Å². The molecule has 1 amide bonds. The number of rotatable bonds is 6. The summed E-state index contributed by atoms with van der Waals surface area (Å²) in [7, 11) is 0. The van der Waals surface area contributed by atoms with E-state index in [9.17, 15) is 19.7 Å². The smallest absolute Gasteiger partial charge is 0.294 e. The molecule has 4 rings (SSSR count). The minimum Gasteiger partial charge on any atom is -0.343 e. The molecule has 1 saturated carbocycles. The molecule has 1 fully saturated rings. The standard InChI is InChI=1S/C18H17N7O4S/c1-10-8-14(26)16(22-24(10)12-4-2-3-5-13(12)25(28)29)17(27)19-9-15-20-21-18(30)23(15)11-6-7-11/h2-5,8,11H,6-7,9H2,1H3,(H,19,27)(H,21,30). The Kier molecular flexibility index (Phi) is 4.99. The number of carbonyl (C=O) groups is 1. The number of nitro groups is 1. The van der Waals surface area contributed by atoms with Gasteiger partial charge >= 0.3 is 0 Å². The summed E-state index contributed by atoms with van der Waals surface area (Å²) in [4.78, 5) is 35.8. The number of nitrogens with zero attached hydrogens (tertiary/aromatic N) is 5. The number of aromatic amines is 1. The summed E-state index contributed by atoms with van der Waals surface area (Å²) in [5.74, 6) is -0.148. The number of aromatic nitrogens is 5. The van der Waals surface area contributed by atoms with Gasteiger partial charge in [0.05, 0.1) is 11.5 Å². The van der Waals surface area contributed by atoms with E-state index in [2.05, 4.69) is 20.6 Å². The first-order valence-corrected chi connectivity index (χ1v) is 9.56. The van der Waals surface area contributed by atoms with E-state index in [1.807, 2.05) is 4.57 Å². The SMILES string of the molecule is Cc1cc(=O)c(C(=O)NCc2n[nH]c(=S)n2C2CC2)nn1-c1ccccc1[N+](=O)[O-]. The lowest BCUT2D eigenvalue weighted by atomic mass is 10.2. The Morgan fingerprint density at radius 1 is 1.40 bits per heavy atom. The maximum Gasteiger partial charge on any atom is 0.294 e. The molecule has 30 heavy (non-hydrogen) atoms. The molecule has 0 atom stereocenters. The summed E-state index contributed by atoms with van der Waals surface area (Å²) in [5, 5.41) is 24.9. The first-order valence-electron chi connectivity index (χ1n) is 9.15. The molecule has 3 aromatic rings. The number of aryl methyl sites for hydroxylation is 1. The fourth-order valence-electron chi connectivity index (χ4n) is 3.16. The fourth-order valence-corrected chi connectivity index (χ4v) is 3.46. The Morgan fingerprint density at radius 3 is 2.83 bits per heavy atom. The van der Waals surface area contributed by atoms with Crippen LogP contribution >= 0.6 is 12.2 Å².